The molecule has 6 nitrogen and oxygen atoms in total. The zero-order chi connectivity index (χ0) is 25.5. The van der Waals surface area contributed by atoms with Crippen LogP contribution in [0, 0.1) is 5.92 Å². The molecule has 0 aliphatic carbocycles. The Bertz CT molecular complexity index is 968. The topological polar surface area (TPSA) is 61.9 Å². The van der Waals surface area contributed by atoms with Gasteiger partial charge in [0.1, 0.15) is 18.9 Å². The predicted molar refractivity (Wildman–Crippen MR) is 143 cm³/mol. The molecule has 0 fully saturated rings. The highest BCUT2D eigenvalue weighted by atomic mass is 32.1. The number of rotatable bonds is 10. The van der Waals surface area contributed by atoms with Crippen LogP contribution in [0.5, 0.6) is 5.75 Å². The number of hydrogen-bond acceptors (Lipinski definition) is 4. The number of nitrogens with one attached hydrogen (secondary N) is 1. The van der Waals surface area contributed by atoms with Crippen molar-refractivity contribution < 1.29 is 14.3 Å². The van der Waals surface area contributed by atoms with E-state index in [1.165, 1.54) is 10.4 Å². The molecule has 3 amide bonds. The Labute approximate surface area is 214 Å². The van der Waals surface area contributed by atoms with Gasteiger partial charge in [-0.2, -0.15) is 0 Å². The number of nitrogens with zero attached hydrogens (tertiary/aromatic N) is 2. The third-order valence-corrected chi connectivity index (χ3v) is 7.37. The Morgan fingerprint density at radius 1 is 1.11 bits per heavy atom. The molecule has 2 aromatic rings. The predicted octanol–water partition coefficient (Wildman–Crippen LogP) is 5.84. The molecule has 2 heterocycles. The molecule has 0 radical (unpaired) electrons. The van der Waals surface area contributed by atoms with E-state index in [4.69, 9.17) is 4.74 Å². The lowest BCUT2D eigenvalue weighted by Gasteiger charge is -2.37. The maximum absolute atomic E-state index is 13.6. The van der Waals surface area contributed by atoms with Crippen LogP contribution in [0.4, 0.5) is 4.79 Å². The number of hydrogen-bond donors (Lipinski definition) is 1. The highest BCUT2D eigenvalue weighted by Crippen LogP contribution is 2.34. The standard InChI is InChI=1S/C28H41N3O3S/c1-19(2)11-14-30(28(33)29-21(5)6)17-27(32)31-15-12-26-24(13-16-35-26)25(31)18-34-23-9-7-22(8-10-23)20(3)4/h7-10,13,16,19-21,25H,11-12,14-15,17-18H2,1-6H3,(H,29,33)/t25-/m0/s1. The van der Waals surface area contributed by atoms with E-state index in [2.05, 4.69) is 56.6 Å². The molecule has 0 saturated carbocycles. The van der Waals surface area contributed by atoms with Gasteiger partial charge in [0, 0.05) is 24.0 Å². The van der Waals surface area contributed by atoms with Gasteiger partial charge in [-0.15, -0.1) is 11.3 Å². The fraction of sp³-hybridized carbons (Fsp3) is 0.571. The first-order chi connectivity index (χ1) is 16.7. The van der Waals surface area contributed by atoms with Crippen molar-refractivity contribution in [3.8, 4) is 5.75 Å². The van der Waals surface area contributed by atoms with Gasteiger partial charge in [0.15, 0.2) is 0 Å². The van der Waals surface area contributed by atoms with E-state index in [0.717, 1.165) is 24.2 Å². The number of urea groups is 1. The second-order valence-corrected chi connectivity index (χ2v) is 11.4. The first-order valence-corrected chi connectivity index (χ1v) is 13.7. The van der Waals surface area contributed by atoms with E-state index in [1.807, 2.05) is 30.9 Å². The Hall–Kier alpha value is -2.54. The van der Waals surface area contributed by atoms with Gasteiger partial charge in [-0.25, -0.2) is 4.79 Å². The molecule has 1 aliphatic rings. The van der Waals surface area contributed by atoms with Gasteiger partial charge in [-0.1, -0.05) is 39.8 Å². The fourth-order valence-corrected chi connectivity index (χ4v) is 5.19. The lowest BCUT2D eigenvalue weighted by atomic mass is 10.00. The molecule has 1 aromatic heterocycles. The van der Waals surface area contributed by atoms with Gasteiger partial charge in [0.05, 0.1) is 6.04 Å². The quantitative estimate of drug-likeness (QED) is 0.447. The highest BCUT2D eigenvalue weighted by Gasteiger charge is 2.33. The summed E-state index contributed by atoms with van der Waals surface area (Å²) in [6, 6.07) is 9.98. The second kappa shape index (κ2) is 12.4. The van der Waals surface area contributed by atoms with Gasteiger partial charge < -0.3 is 19.9 Å². The molecule has 1 aliphatic heterocycles. The summed E-state index contributed by atoms with van der Waals surface area (Å²) in [4.78, 5) is 31.3. The molecule has 0 saturated heterocycles. The van der Waals surface area contributed by atoms with Crippen LogP contribution in [-0.4, -0.2) is 54.0 Å². The van der Waals surface area contributed by atoms with E-state index in [-0.39, 0.29) is 30.6 Å². The van der Waals surface area contributed by atoms with Gasteiger partial charge in [0.2, 0.25) is 5.91 Å². The Morgan fingerprint density at radius 3 is 2.46 bits per heavy atom. The third kappa shape index (κ3) is 7.47. The number of amides is 3. The molecular formula is C28H41N3O3S. The molecule has 7 heteroatoms. The van der Waals surface area contributed by atoms with Crippen molar-refractivity contribution >= 4 is 23.3 Å². The van der Waals surface area contributed by atoms with Crippen molar-refractivity contribution in [1.82, 2.24) is 15.1 Å². The van der Waals surface area contributed by atoms with Gasteiger partial charge >= 0.3 is 6.03 Å². The smallest absolute Gasteiger partial charge is 0.318 e. The number of carbonyl (C=O) groups is 2. The van der Waals surface area contributed by atoms with Crippen LogP contribution < -0.4 is 10.1 Å². The summed E-state index contributed by atoms with van der Waals surface area (Å²) in [5, 5.41) is 5.04. The van der Waals surface area contributed by atoms with Crippen molar-refractivity contribution in [2.24, 2.45) is 5.92 Å². The van der Waals surface area contributed by atoms with Crippen molar-refractivity contribution in [1.29, 1.82) is 0 Å². The molecule has 35 heavy (non-hydrogen) atoms. The first-order valence-electron chi connectivity index (χ1n) is 12.8. The van der Waals surface area contributed by atoms with Gasteiger partial charge in [-0.05, 0) is 73.2 Å². The van der Waals surface area contributed by atoms with Crippen LogP contribution in [0.2, 0.25) is 0 Å². The van der Waals surface area contributed by atoms with Crippen LogP contribution in [-0.2, 0) is 11.2 Å². The monoisotopic (exact) mass is 499 g/mol. The second-order valence-electron chi connectivity index (χ2n) is 10.4. The Kier molecular flexibility index (Phi) is 9.61. The molecule has 1 aromatic carbocycles. The lowest BCUT2D eigenvalue weighted by Crippen LogP contribution is -2.51. The molecule has 0 unspecified atom stereocenters. The molecule has 3 rings (SSSR count). The average molecular weight is 500 g/mol. The normalized spacial score (nSPS) is 15.5. The van der Waals surface area contributed by atoms with E-state index >= 15 is 0 Å². The van der Waals surface area contributed by atoms with E-state index < -0.39 is 0 Å². The third-order valence-electron chi connectivity index (χ3n) is 6.37. The summed E-state index contributed by atoms with van der Waals surface area (Å²) < 4.78 is 6.19. The minimum atomic E-state index is -0.180. The zero-order valence-corrected chi connectivity index (χ0v) is 22.9. The number of benzene rings is 1. The van der Waals surface area contributed by atoms with Crippen molar-refractivity contribution in [2.45, 2.75) is 72.4 Å². The van der Waals surface area contributed by atoms with Crippen molar-refractivity contribution in [2.75, 3.05) is 26.2 Å². The van der Waals surface area contributed by atoms with E-state index in [9.17, 15) is 9.59 Å². The lowest BCUT2D eigenvalue weighted by molar-refractivity contribution is -0.135. The maximum atomic E-state index is 13.6. The average Bonchev–Trinajstić information content (AvgIpc) is 3.28. The Balaban J connectivity index is 1.74. The van der Waals surface area contributed by atoms with Crippen LogP contribution in [0.1, 0.15) is 75.9 Å². The van der Waals surface area contributed by atoms with Crippen LogP contribution >= 0.6 is 11.3 Å². The van der Waals surface area contributed by atoms with Crippen LogP contribution in [0.3, 0.4) is 0 Å². The number of ether oxygens (including phenoxy) is 1. The number of thiophene rings is 1. The molecule has 0 bridgehead atoms. The minimum absolute atomic E-state index is 0.0192. The van der Waals surface area contributed by atoms with Crippen molar-refractivity contribution in [3.63, 3.8) is 0 Å². The SMILES string of the molecule is CC(C)CCN(CC(=O)N1CCc2sccc2[C@@H]1COc1ccc(C(C)C)cc1)C(=O)NC(C)C. The first kappa shape index (κ1) is 27.1. The molecule has 0 spiro atoms. The summed E-state index contributed by atoms with van der Waals surface area (Å²) in [5.74, 6) is 1.69. The maximum Gasteiger partial charge on any atom is 0.318 e. The summed E-state index contributed by atoms with van der Waals surface area (Å²) >= 11 is 1.74. The molecule has 192 valence electrons. The molecule has 1 N–H and O–H groups in total. The summed E-state index contributed by atoms with van der Waals surface area (Å²) in [6.45, 7) is 14.1. The van der Waals surface area contributed by atoms with Crippen molar-refractivity contribution in [3.05, 3.63) is 51.7 Å². The van der Waals surface area contributed by atoms with Crippen LogP contribution in [0.15, 0.2) is 35.7 Å². The summed E-state index contributed by atoms with van der Waals surface area (Å²) in [5.41, 5.74) is 2.43. The summed E-state index contributed by atoms with van der Waals surface area (Å²) in [7, 11) is 0. The van der Waals surface area contributed by atoms with Gasteiger partial charge in [0.25, 0.3) is 0 Å². The minimum Gasteiger partial charge on any atom is -0.491 e. The fourth-order valence-electron chi connectivity index (χ4n) is 4.26. The largest absolute Gasteiger partial charge is 0.491 e. The van der Waals surface area contributed by atoms with E-state index in [1.54, 1.807) is 16.2 Å². The number of carbonyl (C=O) groups excluding carboxylic acids is 2. The Morgan fingerprint density at radius 2 is 1.83 bits per heavy atom. The highest BCUT2D eigenvalue weighted by molar-refractivity contribution is 7.10. The van der Waals surface area contributed by atoms with Gasteiger partial charge in [-0.3, -0.25) is 4.79 Å². The molecular weight excluding hydrogens is 458 g/mol. The zero-order valence-electron chi connectivity index (χ0n) is 22.0. The number of fused-ring (bicyclic) bond motifs is 1. The van der Waals surface area contributed by atoms with E-state index in [0.29, 0.717) is 31.5 Å². The van der Waals surface area contributed by atoms with Crippen LogP contribution in [0.25, 0.3) is 0 Å². The summed E-state index contributed by atoms with van der Waals surface area (Å²) in [6.07, 6.45) is 1.69. The molecule has 1 atom stereocenters.